The summed E-state index contributed by atoms with van der Waals surface area (Å²) in [5.41, 5.74) is 0.300. The molecule has 1 aromatic carbocycles. The fourth-order valence-electron chi connectivity index (χ4n) is 1.32. The van der Waals surface area contributed by atoms with Gasteiger partial charge in [-0.15, -0.1) is 13.2 Å². The normalized spacial score (nSPS) is 12.1. The van der Waals surface area contributed by atoms with Gasteiger partial charge in [0.05, 0.1) is 0 Å². The molecule has 0 saturated carbocycles. The van der Waals surface area contributed by atoms with E-state index in [-0.39, 0.29) is 13.0 Å². The van der Waals surface area contributed by atoms with Gasteiger partial charge in [-0.2, -0.15) is 13.2 Å². The summed E-state index contributed by atoms with van der Waals surface area (Å²) in [6.07, 6.45) is -9.89. The maximum absolute atomic E-state index is 12.0. The standard InChI is InChI=1S/C11H9F6NO2/c12-10(13,14)9(19)18-5-4-7-2-1-3-8(6-7)20-11(15,16)17/h1-3,6H,4-5H2,(H,18,19). The fourth-order valence-corrected chi connectivity index (χ4v) is 1.32. The van der Waals surface area contributed by atoms with Crippen LogP contribution in [0.25, 0.3) is 0 Å². The molecule has 20 heavy (non-hydrogen) atoms. The van der Waals surface area contributed by atoms with Gasteiger partial charge in [-0.1, -0.05) is 12.1 Å². The Hall–Kier alpha value is -1.93. The second-order valence-electron chi connectivity index (χ2n) is 3.70. The number of nitrogens with one attached hydrogen (secondary N) is 1. The average molecular weight is 301 g/mol. The van der Waals surface area contributed by atoms with E-state index in [2.05, 4.69) is 4.74 Å². The Morgan fingerprint density at radius 1 is 1.15 bits per heavy atom. The molecule has 0 aliphatic carbocycles. The van der Waals surface area contributed by atoms with Crippen molar-refractivity contribution in [3.63, 3.8) is 0 Å². The molecule has 0 fully saturated rings. The lowest BCUT2D eigenvalue weighted by Gasteiger charge is -2.11. The first-order valence-electron chi connectivity index (χ1n) is 5.27. The van der Waals surface area contributed by atoms with E-state index >= 15 is 0 Å². The van der Waals surface area contributed by atoms with Crippen LogP contribution in [0.1, 0.15) is 5.56 Å². The van der Waals surface area contributed by atoms with Gasteiger partial charge < -0.3 is 10.1 Å². The SMILES string of the molecule is O=C(NCCc1cccc(OC(F)(F)F)c1)C(F)(F)F. The van der Waals surface area contributed by atoms with Crippen LogP contribution in [0.4, 0.5) is 26.3 Å². The summed E-state index contributed by atoms with van der Waals surface area (Å²) in [5.74, 6) is -2.57. The Morgan fingerprint density at radius 2 is 1.80 bits per heavy atom. The Labute approximate surface area is 109 Å². The monoisotopic (exact) mass is 301 g/mol. The van der Waals surface area contributed by atoms with Crippen LogP contribution in [0.15, 0.2) is 24.3 Å². The Bertz CT molecular complexity index is 469. The third kappa shape index (κ3) is 5.81. The van der Waals surface area contributed by atoms with Crippen LogP contribution in [-0.4, -0.2) is 25.0 Å². The van der Waals surface area contributed by atoms with Crippen LogP contribution in [0.3, 0.4) is 0 Å². The van der Waals surface area contributed by atoms with Crippen molar-refractivity contribution in [1.82, 2.24) is 5.32 Å². The summed E-state index contributed by atoms with van der Waals surface area (Å²) in [6, 6.07) is 4.77. The van der Waals surface area contributed by atoms with Crippen molar-refractivity contribution in [2.75, 3.05) is 6.54 Å². The van der Waals surface area contributed by atoms with Gasteiger partial charge in [0.1, 0.15) is 5.75 Å². The zero-order valence-electron chi connectivity index (χ0n) is 9.81. The molecular formula is C11H9F6NO2. The Kier molecular flexibility index (Phi) is 4.85. The number of amides is 1. The minimum absolute atomic E-state index is 0.0587. The van der Waals surface area contributed by atoms with Gasteiger partial charge in [0.25, 0.3) is 0 Å². The summed E-state index contributed by atoms with van der Waals surface area (Å²) in [6.45, 7) is -0.353. The van der Waals surface area contributed by atoms with Crippen LogP contribution < -0.4 is 10.1 Å². The molecule has 0 saturated heterocycles. The molecular weight excluding hydrogens is 292 g/mol. The highest BCUT2D eigenvalue weighted by molar-refractivity contribution is 5.81. The summed E-state index contributed by atoms with van der Waals surface area (Å²) < 4.78 is 75.1. The number of hydrogen-bond donors (Lipinski definition) is 1. The number of halogens is 6. The van der Waals surface area contributed by atoms with Crippen LogP contribution in [0.5, 0.6) is 5.75 Å². The van der Waals surface area contributed by atoms with Gasteiger partial charge in [-0.05, 0) is 24.1 Å². The van der Waals surface area contributed by atoms with Gasteiger partial charge >= 0.3 is 18.4 Å². The average Bonchev–Trinajstić information content (AvgIpc) is 2.25. The smallest absolute Gasteiger partial charge is 0.406 e. The highest BCUT2D eigenvalue weighted by atomic mass is 19.4. The minimum Gasteiger partial charge on any atom is -0.406 e. The van der Waals surface area contributed by atoms with Crippen LogP contribution in [-0.2, 0) is 11.2 Å². The molecule has 1 aromatic rings. The highest BCUT2D eigenvalue weighted by Crippen LogP contribution is 2.23. The fraction of sp³-hybridized carbons (Fsp3) is 0.364. The molecule has 1 rings (SSSR count). The van der Waals surface area contributed by atoms with Crippen molar-refractivity contribution in [2.24, 2.45) is 0 Å². The van der Waals surface area contributed by atoms with Crippen molar-refractivity contribution in [3.05, 3.63) is 29.8 Å². The lowest BCUT2D eigenvalue weighted by atomic mass is 10.1. The maximum atomic E-state index is 12.0. The quantitative estimate of drug-likeness (QED) is 0.869. The third-order valence-electron chi connectivity index (χ3n) is 2.09. The summed E-state index contributed by atoms with van der Waals surface area (Å²) >= 11 is 0. The lowest BCUT2D eigenvalue weighted by Crippen LogP contribution is -2.37. The molecule has 1 amide bonds. The third-order valence-corrected chi connectivity index (χ3v) is 2.09. The zero-order chi connectivity index (χ0) is 15.4. The van der Waals surface area contributed by atoms with Crippen molar-refractivity contribution in [2.45, 2.75) is 19.0 Å². The van der Waals surface area contributed by atoms with E-state index in [4.69, 9.17) is 0 Å². The number of alkyl halides is 6. The van der Waals surface area contributed by atoms with Gasteiger partial charge in [0.2, 0.25) is 0 Å². The molecule has 0 aromatic heterocycles. The molecule has 0 radical (unpaired) electrons. The molecule has 112 valence electrons. The van der Waals surface area contributed by atoms with E-state index in [1.54, 1.807) is 5.32 Å². The second-order valence-corrected chi connectivity index (χ2v) is 3.70. The number of hydrogen-bond acceptors (Lipinski definition) is 2. The van der Waals surface area contributed by atoms with E-state index in [9.17, 15) is 31.1 Å². The summed E-state index contributed by atoms with van der Waals surface area (Å²) in [7, 11) is 0. The Morgan fingerprint density at radius 3 is 2.35 bits per heavy atom. The lowest BCUT2D eigenvalue weighted by molar-refractivity contribution is -0.274. The molecule has 0 spiro atoms. The van der Waals surface area contributed by atoms with Gasteiger partial charge in [0, 0.05) is 6.54 Å². The van der Waals surface area contributed by atoms with E-state index < -0.39 is 24.2 Å². The molecule has 0 heterocycles. The number of ether oxygens (including phenoxy) is 1. The van der Waals surface area contributed by atoms with E-state index in [0.29, 0.717) is 5.56 Å². The van der Waals surface area contributed by atoms with Crippen molar-refractivity contribution < 1.29 is 35.9 Å². The number of carbonyl (C=O) groups is 1. The van der Waals surface area contributed by atoms with Crippen LogP contribution >= 0.6 is 0 Å². The molecule has 0 aliphatic heterocycles. The largest absolute Gasteiger partial charge is 0.573 e. The maximum Gasteiger partial charge on any atom is 0.573 e. The molecule has 0 unspecified atom stereocenters. The molecule has 0 atom stereocenters. The summed E-state index contributed by atoms with van der Waals surface area (Å²) in [5, 5.41) is 1.61. The molecule has 3 nitrogen and oxygen atoms in total. The van der Waals surface area contributed by atoms with Crippen molar-refractivity contribution in [1.29, 1.82) is 0 Å². The number of rotatable bonds is 4. The van der Waals surface area contributed by atoms with Crippen molar-refractivity contribution in [3.8, 4) is 5.75 Å². The topological polar surface area (TPSA) is 38.3 Å². The predicted octanol–water partition coefficient (Wildman–Crippen LogP) is 2.81. The second kappa shape index (κ2) is 6.02. The number of carbonyl (C=O) groups excluding carboxylic acids is 1. The van der Waals surface area contributed by atoms with E-state index in [0.717, 1.165) is 12.1 Å². The van der Waals surface area contributed by atoms with Gasteiger partial charge in [-0.3, -0.25) is 4.79 Å². The predicted molar refractivity (Wildman–Crippen MR) is 55.9 cm³/mol. The molecule has 0 aliphatic rings. The highest BCUT2D eigenvalue weighted by Gasteiger charge is 2.38. The van der Waals surface area contributed by atoms with E-state index in [1.807, 2.05) is 0 Å². The minimum atomic E-state index is -4.98. The van der Waals surface area contributed by atoms with Crippen molar-refractivity contribution >= 4 is 5.91 Å². The zero-order valence-corrected chi connectivity index (χ0v) is 9.81. The first-order valence-corrected chi connectivity index (χ1v) is 5.27. The number of benzene rings is 1. The van der Waals surface area contributed by atoms with Gasteiger partial charge in [0.15, 0.2) is 0 Å². The summed E-state index contributed by atoms with van der Waals surface area (Å²) in [4.78, 5) is 10.5. The molecule has 9 heteroatoms. The van der Waals surface area contributed by atoms with Gasteiger partial charge in [-0.25, -0.2) is 0 Å². The van der Waals surface area contributed by atoms with Crippen LogP contribution in [0, 0.1) is 0 Å². The molecule has 0 bridgehead atoms. The first kappa shape index (κ1) is 16.1. The van der Waals surface area contributed by atoms with E-state index in [1.165, 1.54) is 12.1 Å². The Balaban J connectivity index is 2.53. The molecule has 1 N–H and O–H groups in total. The first-order chi connectivity index (χ1) is 9.08. The van der Waals surface area contributed by atoms with Crippen LogP contribution in [0.2, 0.25) is 0 Å².